The van der Waals surface area contributed by atoms with Crippen LogP contribution in [0.15, 0.2) is 24.3 Å². The van der Waals surface area contributed by atoms with E-state index in [0.29, 0.717) is 6.04 Å². The van der Waals surface area contributed by atoms with Gasteiger partial charge in [0.2, 0.25) is 0 Å². The van der Waals surface area contributed by atoms with E-state index in [-0.39, 0.29) is 5.54 Å². The number of nitrogens with zero attached hydrogens (tertiary/aromatic N) is 2. The van der Waals surface area contributed by atoms with E-state index in [9.17, 15) is 0 Å². The van der Waals surface area contributed by atoms with Gasteiger partial charge in [-0.05, 0) is 51.8 Å². The molecular weight excluding hydrogens is 246 g/mol. The third-order valence-electron chi connectivity index (χ3n) is 4.01. The highest BCUT2D eigenvalue weighted by Crippen LogP contribution is 2.19. The zero-order valence-electron chi connectivity index (χ0n) is 13.4. The molecule has 1 saturated heterocycles. The highest BCUT2D eigenvalue weighted by Gasteiger charge is 2.19. The van der Waals surface area contributed by atoms with Gasteiger partial charge in [-0.3, -0.25) is 4.90 Å². The summed E-state index contributed by atoms with van der Waals surface area (Å²) >= 11 is 0. The fourth-order valence-electron chi connectivity index (χ4n) is 2.85. The number of piperazine rings is 1. The van der Waals surface area contributed by atoms with Gasteiger partial charge in [-0.2, -0.15) is 0 Å². The molecule has 2 N–H and O–H groups in total. The van der Waals surface area contributed by atoms with E-state index < -0.39 is 0 Å². The maximum absolute atomic E-state index is 6.08. The minimum atomic E-state index is -0.135. The van der Waals surface area contributed by atoms with Crippen LogP contribution in [0.5, 0.6) is 0 Å². The smallest absolute Gasteiger partial charge is 0.0367 e. The predicted molar refractivity (Wildman–Crippen MR) is 87.3 cm³/mol. The van der Waals surface area contributed by atoms with Crippen molar-refractivity contribution in [1.29, 1.82) is 0 Å². The van der Waals surface area contributed by atoms with Gasteiger partial charge in [-0.1, -0.05) is 12.1 Å². The van der Waals surface area contributed by atoms with Crippen LogP contribution in [0.2, 0.25) is 0 Å². The van der Waals surface area contributed by atoms with Gasteiger partial charge < -0.3 is 10.6 Å². The standard InChI is InChI=1S/C17H29N3/c1-14(2)19-9-11-20(12-10-19)16-7-5-15(6-8-16)13-17(3,4)18/h5-8,14H,9-13,18H2,1-4H3. The topological polar surface area (TPSA) is 32.5 Å². The largest absolute Gasteiger partial charge is 0.369 e. The number of hydrogen-bond acceptors (Lipinski definition) is 3. The molecule has 1 fully saturated rings. The molecule has 0 saturated carbocycles. The number of nitrogens with two attached hydrogens (primary N) is 1. The van der Waals surface area contributed by atoms with Crippen molar-refractivity contribution >= 4 is 5.69 Å². The van der Waals surface area contributed by atoms with Crippen LogP contribution in [0.25, 0.3) is 0 Å². The quantitative estimate of drug-likeness (QED) is 0.916. The van der Waals surface area contributed by atoms with Crippen LogP contribution in [0.3, 0.4) is 0 Å². The summed E-state index contributed by atoms with van der Waals surface area (Å²) in [5, 5.41) is 0. The third kappa shape index (κ3) is 4.22. The lowest BCUT2D eigenvalue weighted by Gasteiger charge is -2.38. The first kappa shape index (κ1) is 15.3. The molecule has 0 unspecified atom stereocenters. The Hall–Kier alpha value is -1.06. The van der Waals surface area contributed by atoms with Crippen molar-refractivity contribution in [3.05, 3.63) is 29.8 Å². The van der Waals surface area contributed by atoms with Crippen LogP contribution in [-0.4, -0.2) is 42.7 Å². The van der Waals surface area contributed by atoms with Crippen LogP contribution in [0.1, 0.15) is 33.3 Å². The van der Waals surface area contributed by atoms with E-state index in [1.54, 1.807) is 0 Å². The Morgan fingerprint density at radius 3 is 2.05 bits per heavy atom. The first-order chi connectivity index (χ1) is 9.35. The fraction of sp³-hybridized carbons (Fsp3) is 0.647. The molecule has 1 aliphatic heterocycles. The highest BCUT2D eigenvalue weighted by atomic mass is 15.3. The summed E-state index contributed by atoms with van der Waals surface area (Å²) in [7, 11) is 0. The molecule has 1 heterocycles. The van der Waals surface area contributed by atoms with Crippen molar-refractivity contribution in [2.24, 2.45) is 5.73 Å². The molecular formula is C17H29N3. The monoisotopic (exact) mass is 275 g/mol. The van der Waals surface area contributed by atoms with Gasteiger partial charge in [0.15, 0.2) is 0 Å². The Morgan fingerprint density at radius 1 is 1.05 bits per heavy atom. The molecule has 0 bridgehead atoms. The molecule has 0 spiro atoms. The fourth-order valence-corrected chi connectivity index (χ4v) is 2.85. The van der Waals surface area contributed by atoms with Gasteiger partial charge in [-0.15, -0.1) is 0 Å². The minimum Gasteiger partial charge on any atom is -0.369 e. The Balaban J connectivity index is 1.94. The second kappa shape index (κ2) is 6.15. The van der Waals surface area contributed by atoms with Crippen molar-refractivity contribution in [1.82, 2.24) is 4.90 Å². The van der Waals surface area contributed by atoms with Gasteiger partial charge in [0.05, 0.1) is 0 Å². The second-order valence-electron chi connectivity index (χ2n) is 6.95. The lowest BCUT2D eigenvalue weighted by molar-refractivity contribution is 0.209. The number of anilines is 1. The summed E-state index contributed by atoms with van der Waals surface area (Å²) in [5.74, 6) is 0. The predicted octanol–water partition coefficient (Wildman–Crippen LogP) is 2.50. The molecule has 0 amide bonds. The zero-order chi connectivity index (χ0) is 14.8. The molecule has 0 aliphatic carbocycles. The Kier molecular flexibility index (Phi) is 4.71. The van der Waals surface area contributed by atoms with E-state index in [2.05, 4.69) is 61.8 Å². The van der Waals surface area contributed by atoms with E-state index >= 15 is 0 Å². The van der Waals surface area contributed by atoms with Crippen molar-refractivity contribution in [2.75, 3.05) is 31.1 Å². The first-order valence-corrected chi connectivity index (χ1v) is 7.72. The van der Waals surface area contributed by atoms with Crippen molar-refractivity contribution in [3.8, 4) is 0 Å². The first-order valence-electron chi connectivity index (χ1n) is 7.72. The van der Waals surface area contributed by atoms with Crippen LogP contribution in [0.4, 0.5) is 5.69 Å². The van der Waals surface area contributed by atoms with Gasteiger partial charge in [-0.25, -0.2) is 0 Å². The third-order valence-corrected chi connectivity index (χ3v) is 4.01. The van der Waals surface area contributed by atoms with Crippen LogP contribution in [0, 0.1) is 0 Å². The molecule has 1 aromatic rings. The number of benzene rings is 1. The summed E-state index contributed by atoms with van der Waals surface area (Å²) in [6.07, 6.45) is 0.925. The molecule has 0 aromatic heterocycles. The van der Waals surface area contributed by atoms with Crippen molar-refractivity contribution in [2.45, 2.75) is 45.7 Å². The molecule has 1 aliphatic rings. The molecule has 3 heteroatoms. The second-order valence-corrected chi connectivity index (χ2v) is 6.95. The average molecular weight is 275 g/mol. The van der Waals surface area contributed by atoms with E-state index in [1.165, 1.54) is 11.3 Å². The Bertz CT molecular complexity index is 409. The summed E-state index contributed by atoms with van der Waals surface area (Å²) in [5.41, 5.74) is 8.60. The lowest BCUT2D eigenvalue weighted by Crippen LogP contribution is -2.48. The molecule has 20 heavy (non-hydrogen) atoms. The van der Waals surface area contributed by atoms with E-state index in [0.717, 1.165) is 32.6 Å². The molecule has 112 valence electrons. The van der Waals surface area contributed by atoms with Crippen LogP contribution >= 0.6 is 0 Å². The Morgan fingerprint density at radius 2 is 1.60 bits per heavy atom. The summed E-state index contributed by atoms with van der Waals surface area (Å²) in [6.45, 7) is 13.3. The molecule has 0 radical (unpaired) electrons. The van der Waals surface area contributed by atoms with Crippen molar-refractivity contribution in [3.63, 3.8) is 0 Å². The lowest BCUT2D eigenvalue weighted by atomic mass is 9.96. The van der Waals surface area contributed by atoms with Crippen LogP contribution in [-0.2, 0) is 6.42 Å². The molecule has 3 nitrogen and oxygen atoms in total. The summed E-state index contributed by atoms with van der Waals surface area (Å²) < 4.78 is 0. The number of rotatable bonds is 4. The molecule has 0 atom stereocenters. The van der Waals surface area contributed by atoms with Crippen LogP contribution < -0.4 is 10.6 Å². The highest BCUT2D eigenvalue weighted by molar-refractivity contribution is 5.48. The van der Waals surface area contributed by atoms with E-state index in [1.807, 2.05) is 0 Å². The van der Waals surface area contributed by atoms with Gasteiger partial charge in [0, 0.05) is 43.4 Å². The molecule has 1 aromatic carbocycles. The number of hydrogen-bond donors (Lipinski definition) is 1. The normalized spacial score (nSPS) is 17.8. The van der Waals surface area contributed by atoms with Gasteiger partial charge in [0.25, 0.3) is 0 Å². The average Bonchev–Trinajstić information content (AvgIpc) is 2.38. The van der Waals surface area contributed by atoms with Gasteiger partial charge in [0.1, 0.15) is 0 Å². The summed E-state index contributed by atoms with van der Waals surface area (Å²) in [6, 6.07) is 9.58. The maximum Gasteiger partial charge on any atom is 0.0367 e. The van der Waals surface area contributed by atoms with E-state index in [4.69, 9.17) is 5.73 Å². The maximum atomic E-state index is 6.08. The zero-order valence-corrected chi connectivity index (χ0v) is 13.4. The SMILES string of the molecule is CC(C)N1CCN(c2ccc(CC(C)(C)N)cc2)CC1. The van der Waals surface area contributed by atoms with Gasteiger partial charge >= 0.3 is 0 Å². The summed E-state index contributed by atoms with van der Waals surface area (Å²) in [4.78, 5) is 5.03. The minimum absolute atomic E-state index is 0.135. The van der Waals surface area contributed by atoms with Crippen molar-refractivity contribution < 1.29 is 0 Å². The molecule has 2 rings (SSSR count). The Labute approximate surface area is 123 Å².